The average molecular weight is 291 g/mol. The summed E-state index contributed by atoms with van der Waals surface area (Å²) in [6, 6.07) is 0. The van der Waals surface area contributed by atoms with Crippen LogP contribution in [0.25, 0.3) is 10.2 Å². The Kier molecular flexibility index (Phi) is 3.56. The van der Waals surface area contributed by atoms with Crippen molar-refractivity contribution in [3.05, 3.63) is 17.3 Å². The molecule has 6 heteroatoms. The molecule has 0 unspecified atom stereocenters. The summed E-state index contributed by atoms with van der Waals surface area (Å²) in [4.78, 5) is 22.6. The number of carbonyl (C=O) groups is 1. The van der Waals surface area contributed by atoms with Gasteiger partial charge in [-0.1, -0.05) is 0 Å². The van der Waals surface area contributed by atoms with E-state index in [2.05, 4.69) is 27.2 Å². The van der Waals surface area contributed by atoms with Crippen molar-refractivity contribution < 1.29 is 9.53 Å². The predicted molar refractivity (Wildman–Crippen MR) is 79.1 cm³/mol. The first kappa shape index (κ1) is 13.3. The van der Waals surface area contributed by atoms with E-state index >= 15 is 0 Å². The number of hydrogen-bond acceptors (Lipinski definition) is 6. The van der Waals surface area contributed by atoms with Gasteiger partial charge in [0, 0.05) is 13.1 Å². The van der Waals surface area contributed by atoms with Crippen molar-refractivity contribution in [2.75, 3.05) is 25.1 Å². The first-order valence-electron chi connectivity index (χ1n) is 6.72. The third kappa shape index (κ3) is 2.24. The van der Waals surface area contributed by atoms with E-state index in [4.69, 9.17) is 4.74 Å². The first-order valence-corrected chi connectivity index (χ1v) is 7.60. The normalized spacial score (nSPS) is 16.6. The molecule has 0 spiro atoms. The highest BCUT2D eigenvalue weighted by Crippen LogP contribution is 2.32. The fourth-order valence-corrected chi connectivity index (χ4v) is 3.69. The van der Waals surface area contributed by atoms with Gasteiger partial charge in [-0.25, -0.2) is 9.97 Å². The molecule has 5 nitrogen and oxygen atoms in total. The summed E-state index contributed by atoms with van der Waals surface area (Å²) in [6.45, 7) is 3.74. The Bertz CT molecular complexity index is 632. The van der Waals surface area contributed by atoms with E-state index in [9.17, 15) is 4.79 Å². The molecule has 0 aromatic carbocycles. The van der Waals surface area contributed by atoms with Gasteiger partial charge in [0.2, 0.25) is 0 Å². The minimum Gasteiger partial charge on any atom is -0.469 e. The Hall–Kier alpha value is -1.69. The number of ether oxygens (including phenoxy) is 1. The van der Waals surface area contributed by atoms with Gasteiger partial charge in [-0.05, 0) is 30.7 Å². The lowest BCUT2D eigenvalue weighted by molar-refractivity contribution is -0.146. The van der Waals surface area contributed by atoms with Crippen LogP contribution in [0.1, 0.15) is 18.4 Å². The third-order valence-electron chi connectivity index (χ3n) is 3.84. The number of rotatable bonds is 2. The minimum absolute atomic E-state index is 0.0265. The zero-order valence-corrected chi connectivity index (χ0v) is 12.4. The fourth-order valence-electron chi connectivity index (χ4n) is 2.68. The molecule has 106 valence electrons. The Morgan fingerprint density at radius 3 is 2.85 bits per heavy atom. The highest BCUT2D eigenvalue weighted by atomic mass is 32.1. The van der Waals surface area contributed by atoms with Crippen molar-refractivity contribution in [2.45, 2.75) is 19.8 Å². The lowest BCUT2D eigenvalue weighted by Gasteiger charge is -2.31. The Morgan fingerprint density at radius 1 is 1.40 bits per heavy atom. The van der Waals surface area contributed by atoms with Gasteiger partial charge in [0.15, 0.2) is 0 Å². The second-order valence-electron chi connectivity index (χ2n) is 5.08. The van der Waals surface area contributed by atoms with Gasteiger partial charge in [-0.15, -0.1) is 11.3 Å². The van der Waals surface area contributed by atoms with Gasteiger partial charge >= 0.3 is 5.97 Å². The number of hydrogen-bond donors (Lipinski definition) is 0. The number of fused-ring (bicyclic) bond motifs is 1. The van der Waals surface area contributed by atoms with Crippen LogP contribution in [0.4, 0.5) is 5.82 Å². The van der Waals surface area contributed by atoms with Gasteiger partial charge in [0.05, 0.1) is 23.2 Å². The van der Waals surface area contributed by atoms with Crippen molar-refractivity contribution in [3.63, 3.8) is 0 Å². The summed E-state index contributed by atoms with van der Waals surface area (Å²) < 4.78 is 5.96. The van der Waals surface area contributed by atoms with Gasteiger partial charge in [-0.2, -0.15) is 0 Å². The number of piperidine rings is 1. The highest BCUT2D eigenvalue weighted by Gasteiger charge is 2.27. The molecule has 0 amide bonds. The van der Waals surface area contributed by atoms with Crippen LogP contribution in [0.5, 0.6) is 0 Å². The van der Waals surface area contributed by atoms with Crippen molar-refractivity contribution in [1.82, 2.24) is 9.97 Å². The van der Waals surface area contributed by atoms with E-state index < -0.39 is 0 Å². The number of thiophene rings is 1. The number of nitrogens with zero attached hydrogens (tertiary/aromatic N) is 3. The molecule has 0 radical (unpaired) electrons. The SMILES string of the molecule is COC(=O)C1CCN(c2ncnc3c(C)csc23)CC1. The van der Waals surface area contributed by atoms with E-state index in [1.165, 1.54) is 12.7 Å². The molecule has 2 aromatic heterocycles. The molecule has 20 heavy (non-hydrogen) atoms. The zero-order chi connectivity index (χ0) is 14.1. The van der Waals surface area contributed by atoms with Crippen LogP contribution < -0.4 is 4.90 Å². The van der Waals surface area contributed by atoms with E-state index in [1.54, 1.807) is 17.7 Å². The van der Waals surface area contributed by atoms with Gasteiger partial charge in [0.1, 0.15) is 12.1 Å². The third-order valence-corrected chi connectivity index (χ3v) is 4.92. The van der Waals surface area contributed by atoms with E-state index in [0.29, 0.717) is 0 Å². The Morgan fingerprint density at radius 2 is 2.15 bits per heavy atom. The van der Waals surface area contributed by atoms with Gasteiger partial charge in [-0.3, -0.25) is 4.79 Å². The summed E-state index contributed by atoms with van der Waals surface area (Å²) >= 11 is 1.69. The predicted octanol–water partition coefficient (Wildman–Crippen LogP) is 2.39. The maximum atomic E-state index is 11.6. The fraction of sp³-hybridized carbons (Fsp3) is 0.500. The number of methoxy groups -OCH3 is 1. The second-order valence-corrected chi connectivity index (χ2v) is 5.96. The standard InChI is InChI=1S/C14H17N3O2S/c1-9-7-20-12-11(9)15-8-16-13(12)17-5-3-10(4-6-17)14(18)19-2/h7-8,10H,3-6H2,1-2H3. The number of aryl methyl sites for hydroxylation is 1. The van der Waals surface area contributed by atoms with Crippen molar-refractivity contribution in [2.24, 2.45) is 5.92 Å². The highest BCUT2D eigenvalue weighted by molar-refractivity contribution is 7.18. The van der Waals surface area contributed by atoms with Crippen LogP contribution in [0.15, 0.2) is 11.7 Å². The summed E-state index contributed by atoms with van der Waals surface area (Å²) in [7, 11) is 1.46. The summed E-state index contributed by atoms with van der Waals surface area (Å²) in [5, 5.41) is 2.12. The minimum atomic E-state index is -0.0931. The van der Waals surface area contributed by atoms with Crippen LogP contribution in [0.3, 0.4) is 0 Å². The molecule has 1 aliphatic heterocycles. The summed E-state index contributed by atoms with van der Waals surface area (Å²) in [5.41, 5.74) is 2.23. The topological polar surface area (TPSA) is 55.3 Å². The number of aromatic nitrogens is 2. The number of carbonyl (C=O) groups excluding carboxylic acids is 1. The lowest BCUT2D eigenvalue weighted by atomic mass is 9.97. The molecule has 0 N–H and O–H groups in total. The molecule has 1 fully saturated rings. The van der Waals surface area contributed by atoms with Crippen LogP contribution in [0, 0.1) is 12.8 Å². The Balaban J connectivity index is 1.82. The van der Waals surface area contributed by atoms with Crippen LogP contribution >= 0.6 is 11.3 Å². The van der Waals surface area contributed by atoms with E-state index in [0.717, 1.165) is 42.0 Å². The van der Waals surface area contributed by atoms with Crippen molar-refractivity contribution >= 4 is 33.3 Å². The van der Waals surface area contributed by atoms with E-state index in [1.807, 2.05) is 0 Å². The molecule has 2 aromatic rings. The smallest absolute Gasteiger partial charge is 0.308 e. The lowest BCUT2D eigenvalue weighted by Crippen LogP contribution is -2.37. The molecule has 1 saturated heterocycles. The average Bonchev–Trinajstić information content (AvgIpc) is 2.88. The van der Waals surface area contributed by atoms with E-state index in [-0.39, 0.29) is 11.9 Å². The van der Waals surface area contributed by atoms with Gasteiger partial charge < -0.3 is 9.64 Å². The van der Waals surface area contributed by atoms with Crippen LogP contribution in [0.2, 0.25) is 0 Å². The van der Waals surface area contributed by atoms with Crippen molar-refractivity contribution in [1.29, 1.82) is 0 Å². The molecular formula is C14H17N3O2S. The summed E-state index contributed by atoms with van der Waals surface area (Å²) in [6.07, 6.45) is 3.27. The maximum Gasteiger partial charge on any atom is 0.308 e. The zero-order valence-electron chi connectivity index (χ0n) is 11.6. The van der Waals surface area contributed by atoms with Gasteiger partial charge in [0.25, 0.3) is 0 Å². The van der Waals surface area contributed by atoms with Crippen LogP contribution in [-0.2, 0) is 9.53 Å². The molecule has 1 aliphatic rings. The Labute approximate surface area is 121 Å². The van der Waals surface area contributed by atoms with Crippen LogP contribution in [-0.4, -0.2) is 36.1 Å². The monoisotopic (exact) mass is 291 g/mol. The molecular weight excluding hydrogens is 274 g/mol. The molecule has 0 saturated carbocycles. The molecule has 0 aliphatic carbocycles. The number of esters is 1. The summed E-state index contributed by atoms with van der Waals surface area (Å²) in [5.74, 6) is 0.930. The maximum absolute atomic E-state index is 11.6. The quantitative estimate of drug-likeness (QED) is 0.795. The van der Waals surface area contributed by atoms with Crippen molar-refractivity contribution in [3.8, 4) is 0 Å². The molecule has 0 atom stereocenters. The first-order chi connectivity index (χ1) is 9.70. The number of anilines is 1. The molecule has 0 bridgehead atoms. The largest absolute Gasteiger partial charge is 0.469 e. The molecule has 3 rings (SSSR count). The molecule has 3 heterocycles. The second kappa shape index (κ2) is 5.36.